The predicted molar refractivity (Wildman–Crippen MR) is 127 cm³/mol. The van der Waals surface area contributed by atoms with Gasteiger partial charge in [0.05, 0.1) is 31.0 Å². The molecule has 180 valence electrons. The monoisotopic (exact) mass is 466 g/mol. The molecule has 0 aromatic heterocycles. The van der Waals surface area contributed by atoms with Gasteiger partial charge in [-0.25, -0.2) is 4.79 Å². The number of carbonyl (C=O) groups excluding carboxylic acids is 3. The number of fused-ring (bicyclic) bond motifs is 1. The fraction of sp³-hybridized carbons (Fsp3) is 0.400. The Balaban J connectivity index is 1.65. The molecule has 4 N–H and O–H groups in total. The number of benzene rings is 2. The van der Waals surface area contributed by atoms with E-state index in [1.807, 2.05) is 37.3 Å². The van der Waals surface area contributed by atoms with E-state index >= 15 is 0 Å². The molecule has 1 aliphatic carbocycles. The smallest absolute Gasteiger partial charge is 0.312 e. The Labute approximate surface area is 198 Å². The van der Waals surface area contributed by atoms with E-state index in [4.69, 9.17) is 15.2 Å². The van der Waals surface area contributed by atoms with Gasteiger partial charge in [-0.05, 0) is 55.5 Å². The molecule has 9 heteroatoms. The molecule has 2 aromatic rings. The number of anilines is 1. The molecule has 0 bridgehead atoms. The van der Waals surface area contributed by atoms with Crippen molar-refractivity contribution in [1.82, 2.24) is 10.2 Å². The SMILES string of the molecule is CCOc1cc(C(CCNC(N)=O)N2Cc3cccc(NC(=O)C4CC4)c3C2=O)ccc1OC. The molecule has 1 fully saturated rings. The first-order chi connectivity index (χ1) is 16.4. The van der Waals surface area contributed by atoms with E-state index in [2.05, 4.69) is 10.6 Å². The standard InChI is InChI=1S/C25H30N4O5/c1-3-34-21-13-16(9-10-20(21)33-2)19(11-12-27-25(26)32)29-14-17-5-4-6-18(22(17)24(29)31)28-23(30)15-7-8-15/h4-6,9-10,13,15,19H,3,7-8,11-12,14H2,1-2H3,(H,28,30)(H3,26,27,32). The van der Waals surface area contributed by atoms with Gasteiger partial charge in [0.1, 0.15) is 0 Å². The highest BCUT2D eigenvalue weighted by atomic mass is 16.5. The maximum absolute atomic E-state index is 13.6. The molecule has 34 heavy (non-hydrogen) atoms. The van der Waals surface area contributed by atoms with Crippen LogP contribution in [0.4, 0.5) is 10.5 Å². The predicted octanol–water partition coefficient (Wildman–Crippen LogP) is 3.20. The highest BCUT2D eigenvalue weighted by Crippen LogP contribution is 2.39. The van der Waals surface area contributed by atoms with Gasteiger partial charge < -0.3 is 30.7 Å². The van der Waals surface area contributed by atoms with Crippen molar-refractivity contribution in [2.75, 3.05) is 25.6 Å². The lowest BCUT2D eigenvalue weighted by atomic mass is 10.0. The molecule has 0 saturated heterocycles. The van der Waals surface area contributed by atoms with Crippen molar-refractivity contribution in [2.45, 2.75) is 38.8 Å². The quantitative estimate of drug-likeness (QED) is 0.496. The van der Waals surface area contributed by atoms with Crippen LogP contribution < -0.4 is 25.8 Å². The largest absolute Gasteiger partial charge is 0.493 e. The number of carbonyl (C=O) groups is 3. The van der Waals surface area contributed by atoms with Crippen molar-refractivity contribution in [1.29, 1.82) is 0 Å². The summed E-state index contributed by atoms with van der Waals surface area (Å²) in [5.41, 5.74) is 8.02. The second-order valence-corrected chi connectivity index (χ2v) is 8.48. The summed E-state index contributed by atoms with van der Waals surface area (Å²) in [6.07, 6.45) is 2.22. The molecule has 2 aromatic carbocycles. The van der Waals surface area contributed by atoms with Crippen LogP contribution in [0.5, 0.6) is 11.5 Å². The number of ether oxygens (including phenoxy) is 2. The minimum atomic E-state index is -0.621. The van der Waals surface area contributed by atoms with E-state index in [1.54, 1.807) is 18.1 Å². The molecular weight excluding hydrogens is 436 g/mol. The van der Waals surface area contributed by atoms with E-state index in [1.165, 1.54) is 0 Å². The summed E-state index contributed by atoms with van der Waals surface area (Å²) >= 11 is 0. The molecule has 2 aliphatic rings. The normalized spacial score (nSPS) is 15.5. The fourth-order valence-electron chi connectivity index (χ4n) is 4.32. The maximum atomic E-state index is 13.6. The molecule has 1 aliphatic heterocycles. The molecule has 1 heterocycles. The molecular formula is C25H30N4O5. The van der Waals surface area contributed by atoms with Crippen molar-refractivity contribution in [2.24, 2.45) is 11.7 Å². The van der Waals surface area contributed by atoms with Crippen molar-refractivity contribution in [3.8, 4) is 11.5 Å². The second kappa shape index (κ2) is 10.0. The lowest BCUT2D eigenvalue weighted by Crippen LogP contribution is -2.35. The lowest BCUT2D eigenvalue weighted by molar-refractivity contribution is -0.117. The van der Waals surface area contributed by atoms with Crippen LogP contribution in [0.3, 0.4) is 0 Å². The Morgan fingerprint density at radius 1 is 1.21 bits per heavy atom. The van der Waals surface area contributed by atoms with Gasteiger partial charge in [-0.1, -0.05) is 18.2 Å². The number of primary amides is 1. The van der Waals surface area contributed by atoms with Gasteiger partial charge in [-0.2, -0.15) is 0 Å². The van der Waals surface area contributed by atoms with Crippen LogP contribution in [0.15, 0.2) is 36.4 Å². The first kappa shape index (κ1) is 23.4. The van der Waals surface area contributed by atoms with Gasteiger partial charge in [0.15, 0.2) is 11.5 Å². The summed E-state index contributed by atoms with van der Waals surface area (Å²) in [6.45, 7) is 3.03. The third-order valence-electron chi connectivity index (χ3n) is 6.14. The minimum absolute atomic E-state index is 0.0346. The fourth-order valence-corrected chi connectivity index (χ4v) is 4.32. The van der Waals surface area contributed by atoms with Crippen molar-refractivity contribution >= 4 is 23.5 Å². The van der Waals surface area contributed by atoms with E-state index in [0.29, 0.717) is 48.9 Å². The highest BCUT2D eigenvalue weighted by Gasteiger charge is 2.37. The van der Waals surface area contributed by atoms with Crippen LogP contribution >= 0.6 is 0 Å². The second-order valence-electron chi connectivity index (χ2n) is 8.48. The number of hydrogen-bond acceptors (Lipinski definition) is 5. The topological polar surface area (TPSA) is 123 Å². The molecule has 1 saturated carbocycles. The Morgan fingerprint density at radius 3 is 2.68 bits per heavy atom. The Hall–Kier alpha value is -3.75. The summed E-state index contributed by atoms with van der Waals surface area (Å²) in [5, 5.41) is 5.55. The minimum Gasteiger partial charge on any atom is -0.493 e. The van der Waals surface area contributed by atoms with E-state index < -0.39 is 6.03 Å². The van der Waals surface area contributed by atoms with Crippen LogP contribution in [-0.4, -0.2) is 43.0 Å². The number of hydrogen-bond donors (Lipinski definition) is 3. The number of rotatable bonds is 10. The summed E-state index contributed by atoms with van der Waals surface area (Å²) in [4.78, 5) is 39.0. The zero-order valence-corrected chi connectivity index (χ0v) is 19.4. The number of methoxy groups -OCH3 is 1. The maximum Gasteiger partial charge on any atom is 0.312 e. The summed E-state index contributed by atoms with van der Waals surface area (Å²) < 4.78 is 11.1. The van der Waals surface area contributed by atoms with Crippen molar-refractivity contribution in [3.63, 3.8) is 0 Å². The zero-order chi connectivity index (χ0) is 24.2. The number of amides is 4. The van der Waals surface area contributed by atoms with Gasteiger partial charge in [0, 0.05) is 19.0 Å². The van der Waals surface area contributed by atoms with Gasteiger partial charge in [-0.3, -0.25) is 9.59 Å². The van der Waals surface area contributed by atoms with E-state index in [-0.39, 0.29) is 23.8 Å². The Kier molecular flexibility index (Phi) is 6.90. The number of urea groups is 1. The first-order valence-corrected chi connectivity index (χ1v) is 11.5. The highest BCUT2D eigenvalue weighted by molar-refractivity contribution is 6.07. The summed E-state index contributed by atoms with van der Waals surface area (Å²) in [6, 6.07) is 10.1. The van der Waals surface area contributed by atoms with Crippen molar-refractivity contribution < 1.29 is 23.9 Å². The Bertz CT molecular complexity index is 1100. The molecule has 0 spiro atoms. The van der Waals surface area contributed by atoms with Crippen LogP contribution in [0.1, 0.15) is 53.7 Å². The number of nitrogens with zero attached hydrogens (tertiary/aromatic N) is 1. The van der Waals surface area contributed by atoms with Gasteiger partial charge in [0.25, 0.3) is 5.91 Å². The zero-order valence-electron chi connectivity index (χ0n) is 19.4. The van der Waals surface area contributed by atoms with Gasteiger partial charge in [-0.15, -0.1) is 0 Å². The average Bonchev–Trinajstić information content (AvgIpc) is 3.61. The third-order valence-corrected chi connectivity index (χ3v) is 6.14. The summed E-state index contributed by atoms with van der Waals surface area (Å²) in [5.74, 6) is 1.00. The van der Waals surface area contributed by atoms with Crippen LogP contribution in [0.2, 0.25) is 0 Å². The summed E-state index contributed by atoms with van der Waals surface area (Å²) in [7, 11) is 1.57. The van der Waals surface area contributed by atoms with Crippen molar-refractivity contribution in [3.05, 3.63) is 53.1 Å². The molecule has 1 unspecified atom stereocenters. The molecule has 1 atom stereocenters. The van der Waals surface area contributed by atoms with Gasteiger partial charge in [0.2, 0.25) is 5.91 Å². The molecule has 9 nitrogen and oxygen atoms in total. The lowest BCUT2D eigenvalue weighted by Gasteiger charge is -2.29. The first-order valence-electron chi connectivity index (χ1n) is 11.5. The van der Waals surface area contributed by atoms with Crippen LogP contribution in [0, 0.1) is 5.92 Å². The third kappa shape index (κ3) is 4.93. The number of nitrogens with two attached hydrogens (primary N) is 1. The molecule has 4 rings (SSSR count). The molecule has 0 radical (unpaired) electrons. The number of nitrogens with one attached hydrogen (secondary N) is 2. The van der Waals surface area contributed by atoms with E-state index in [9.17, 15) is 14.4 Å². The molecule has 4 amide bonds. The Morgan fingerprint density at radius 2 is 2.00 bits per heavy atom. The average molecular weight is 467 g/mol. The van der Waals surface area contributed by atoms with Crippen LogP contribution in [0.25, 0.3) is 0 Å². The van der Waals surface area contributed by atoms with E-state index in [0.717, 1.165) is 24.0 Å². The van der Waals surface area contributed by atoms with Crippen LogP contribution in [-0.2, 0) is 11.3 Å². The van der Waals surface area contributed by atoms with Gasteiger partial charge >= 0.3 is 6.03 Å².